The van der Waals surface area contributed by atoms with E-state index in [0.717, 1.165) is 21.2 Å². The quantitative estimate of drug-likeness (QED) is 0.423. The summed E-state index contributed by atoms with van der Waals surface area (Å²) >= 11 is 2.44. The largest absolute Gasteiger partial charge is 0.424 e. The van der Waals surface area contributed by atoms with Crippen molar-refractivity contribution in [1.29, 1.82) is 0 Å². The number of hydrogen-bond acceptors (Lipinski definition) is 1. The molecular weight excluding hydrogens is 399 g/mol. The Labute approximate surface area is 149 Å². The van der Waals surface area contributed by atoms with Crippen LogP contribution in [-0.2, 0) is 0 Å². The van der Waals surface area contributed by atoms with Crippen molar-refractivity contribution in [3.05, 3.63) is 60.7 Å². The molecule has 2 aromatic carbocycles. The Kier molecular flexibility index (Phi) is 5.86. The van der Waals surface area contributed by atoms with Crippen LogP contribution in [0.15, 0.2) is 60.7 Å². The minimum Gasteiger partial charge on any atom is -0.424 e. The fourth-order valence-corrected chi connectivity index (χ4v) is 7.58. The van der Waals surface area contributed by atoms with E-state index < -0.39 is 8.32 Å². The normalized spacial score (nSPS) is 13.9. The molecule has 0 fully saturated rings. The van der Waals surface area contributed by atoms with Gasteiger partial charge in [-0.1, -0.05) is 104 Å². The Morgan fingerprint density at radius 1 is 0.955 bits per heavy atom. The molecule has 0 radical (unpaired) electrons. The first-order valence-electron chi connectivity index (χ1n) is 7.81. The van der Waals surface area contributed by atoms with Crippen molar-refractivity contribution >= 4 is 41.3 Å². The molecule has 0 unspecified atom stereocenters. The molecule has 0 saturated heterocycles. The number of rotatable bonds is 6. The SMILES string of the molecule is C[C@@H](CI)CC(C)(C)[Si](O)(c1ccccc1)c1ccccc1. The van der Waals surface area contributed by atoms with Crippen LogP contribution in [0, 0.1) is 5.92 Å². The van der Waals surface area contributed by atoms with Gasteiger partial charge in [0.05, 0.1) is 0 Å². The standard InChI is InChI=1S/C19H25IOSi/c1-16(15-20)14-19(2,3)22(21,17-10-6-4-7-11-17)18-12-8-5-9-13-18/h4-13,16,21H,14-15H2,1-3H3/t16-/m1/s1. The lowest BCUT2D eigenvalue weighted by Crippen LogP contribution is -2.65. The van der Waals surface area contributed by atoms with Crippen LogP contribution in [0.2, 0.25) is 5.04 Å². The van der Waals surface area contributed by atoms with E-state index in [2.05, 4.69) is 67.6 Å². The second kappa shape index (κ2) is 7.28. The summed E-state index contributed by atoms with van der Waals surface area (Å²) < 4.78 is 1.12. The Morgan fingerprint density at radius 2 is 1.36 bits per heavy atom. The molecule has 1 atom stereocenters. The molecule has 3 heteroatoms. The monoisotopic (exact) mass is 424 g/mol. The summed E-state index contributed by atoms with van der Waals surface area (Å²) in [6.45, 7) is 6.75. The van der Waals surface area contributed by atoms with Gasteiger partial charge in [-0.2, -0.15) is 0 Å². The van der Waals surface area contributed by atoms with Crippen LogP contribution in [0.25, 0.3) is 0 Å². The van der Waals surface area contributed by atoms with E-state index in [0.29, 0.717) is 5.92 Å². The van der Waals surface area contributed by atoms with Crippen LogP contribution in [0.4, 0.5) is 0 Å². The lowest BCUT2D eigenvalue weighted by Gasteiger charge is -2.42. The first-order valence-corrected chi connectivity index (χ1v) is 11.3. The maximum atomic E-state index is 12.0. The highest BCUT2D eigenvalue weighted by atomic mass is 127. The minimum absolute atomic E-state index is 0.125. The molecule has 1 N–H and O–H groups in total. The topological polar surface area (TPSA) is 20.2 Å². The van der Waals surface area contributed by atoms with Crippen LogP contribution in [0.5, 0.6) is 0 Å². The van der Waals surface area contributed by atoms with Gasteiger partial charge in [-0.05, 0) is 27.8 Å². The van der Waals surface area contributed by atoms with Crippen molar-refractivity contribution in [1.82, 2.24) is 0 Å². The predicted molar refractivity (Wildman–Crippen MR) is 107 cm³/mol. The van der Waals surface area contributed by atoms with E-state index in [1.165, 1.54) is 0 Å². The van der Waals surface area contributed by atoms with Crippen molar-refractivity contribution in [3.8, 4) is 0 Å². The van der Waals surface area contributed by atoms with Gasteiger partial charge in [0.25, 0.3) is 8.32 Å². The van der Waals surface area contributed by atoms with Gasteiger partial charge in [0.1, 0.15) is 0 Å². The molecule has 0 saturated carbocycles. The molecule has 0 aromatic heterocycles. The molecule has 1 nitrogen and oxygen atoms in total. The first kappa shape index (κ1) is 17.7. The van der Waals surface area contributed by atoms with E-state index in [1.54, 1.807) is 0 Å². The van der Waals surface area contributed by atoms with Gasteiger partial charge < -0.3 is 4.80 Å². The Balaban J connectivity index is 2.56. The first-order chi connectivity index (χ1) is 10.4. The van der Waals surface area contributed by atoms with E-state index >= 15 is 0 Å². The van der Waals surface area contributed by atoms with Gasteiger partial charge in [0.2, 0.25) is 0 Å². The van der Waals surface area contributed by atoms with Crippen molar-refractivity contribution in [2.45, 2.75) is 32.2 Å². The molecule has 0 aliphatic carbocycles. The summed E-state index contributed by atoms with van der Waals surface area (Å²) in [5.41, 5.74) is 0. The molecule has 2 rings (SSSR count). The van der Waals surface area contributed by atoms with Crippen LogP contribution < -0.4 is 10.4 Å². The van der Waals surface area contributed by atoms with E-state index in [1.807, 2.05) is 36.4 Å². The van der Waals surface area contributed by atoms with Crippen LogP contribution in [-0.4, -0.2) is 17.5 Å². The predicted octanol–water partition coefficient (Wildman–Crippen LogP) is 3.98. The van der Waals surface area contributed by atoms with Crippen LogP contribution in [0.3, 0.4) is 0 Å². The Hall–Kier alpha value is -0.653. The molecule has 22 heavy (non-hydrogen) atoms. The molecule has 0 amide bonds. The van der Waals surface area contributed by atoms with Crippen molar-refractivity contribution in [2.75, 3.05) is 4.43 Å². The molecule has 0 heterocycles. The summed E-state index contributed by atoms with van der Waals surface area (Å²) in [6, 6.07) is 20.6. The van der Waals surface area contributed by atoms with Gasteiger partial charge in [0.15, 0.2) is 0 Å². The van der Waals surface area contributed by atoms with Gasteiger partial charge in [-0.25, -0.2) is 0 Å². The maximum absolute atomic E-state index is 12.0. The summed E-state index contributed by atoms with van der Waals surface area (Å²) in [6.07, 6.45) is 1.03. The third kappa shape index (κ3) is 3.47. The summed E-state index contributed by atoms with van der Waals surface area (Å²) in [4.78, 5) is 12.0. The lowest BCUT2D eigenvalue weighted by atomic mass is 10.00. The fraction of sp³-hybridized carbons (Fsp3) is 0.368. The number of hydrogen-bond donors (Lipinski definition) is 1. The zero-order chi connectivity index (χ0) is 16.2. The zero-order valence-corrected chi connectivity index (χ0v) is 16.7. The number of benzene rings is 2. The average molecular weight is 424 g/mol. The number of halogens is 1. The molecular formula is C19H25IOSi. The lowest BCUT2D eigenvalue weighted by molar-refractivity contribution is 0.422. The molecule has 0 bridgehead atoms. The Morgan fingerprint density at radius 3 is 1.73 bits per heavy atom. The zero-order valence-electron chi connectivity index (χ0n) is 13.6. The summed E-state index contributed by atoms with van der Waals surface area (Å²) in [5.74, 6) is 0.599. The van der Waals surface area contributed by atoms with Gasteiger partial charge >= 0.3 is 0 Å². The third-order valence-corrected chi connectivity index (χ3v) is 10.5. The van der Waals surface area contributed by atoms with E-state index in [4.69, 9.17) is 0 Å². The second-order valence-electron chi connectivity index (χ2n) is 6.79. The Bertz CT molecular complexity index is 543. The average Bonchev–Trinajstić information content (AvgIpc) is 2.55. The van der Waals surface area contributed by atoms with Crippen molar-refractivity contribution < 1.29 is 4.80 Å². The van der Waals surface area contributed by atoms with Crippen molar-refractivity contribution in [3.63, 3.8) is 0 Å². The molecule has 0 aliphatic rings. The number of alkyl halides is 1. The smallest absolute Gasteiger partial charge is 0.258 e. The van der Waals surface area contributed by atoms with Gasteiger partial charge in [-0.3, -0.25) is 0 Å². The van der Waals surface area contributed by atoms with Gasteiger partial charge in [0, 0.05) is 4.43 Å². The fourth-order valence-electron chi connectivity index (χ4n) is 3.38. The highest BCUT2D eigenvalue weighted by Crippen LogP contribution is 2.41. The third-order valence-electron chi connectivity index (χ3n) is 4.48. The highest BCUT2D eigenvalue weighted by Gasteiger charge is 2.50. The van der Waals surface area contributed by atoms with Crippen LogP contribution in [0.1, 0.15) is 27.2 Å². The van der Waals surface area contributed by atoms with E-state index in [9.17, 15) is 4.80 Å². The van der Waals surface area contributed by atoms with E-state index in [-0.39, 0.29) is 5.04 Å². The van der Waals surface area contributed by atoms with Crippen molar-refractivity contribution in [2.24, 2.45) is 5.92 Å². The molecule has 0 aliphatic heterocycles. The minimum atomic E-state index is -2.81. The molecule has 2 aromatic rings. The van der Waals surface area contributed by atoms with Gasteiger partial charge in [-0.15, -0.1) is 0 Å². The highest BCUT2D eigenvalue weighted by molar-refractivity contribution is 14.1. The maximum Gasteiger partial charge on any atom is 0.258 e. The summed E-state index contributed by atoms with van der Waals surface area (Å²) in [5, 5.41) is 2.08. The van der Waals surface area contributed by atoms with Crippen LogP contribution >= 0.6 is 22.6 Å². The molecule has 0 spiro atoms. The summed E-state index contributed by atoms with van der Waals surface area (Å²) in [7, 11) is -2.81. The second-order valence-corrected chi connectivity index (χ2v) is 11.6. The molecule has 118 valence electrons.